The molecule has 1 aromatic carbocycles. The van der Waals surface area contributed by atoms with Gasteiger partial charge in [-0.3, -0.25) is 4.79 Å². The quantitative estimate of drug-likeness (QED) is 0.347. The average Bonchev–Trinajstić information content (AvgIpc) is 3.03. The first kappa shape index (κ1) is 30.8. The molecule has 30 heavy (non-hydrogen) atoms. The van der Waals surface area contributed by atoms with Crippen LogP contribution in [0.3, 0.4) is 0 Å². The Morgan fingerprint density at radius 1 is 1.30 bits per heavy atom. The summed E-state index contributed by atoms with van der Waals surface area (Å²) in [6.45, 7) is 14.5. The molecule has 1 unspecified atom stereocenters. The Bertz CT molecular complexity index is 756. The van der Waals surface area contributed by atoms with Gasteiger partial charge in [0.15, 0.2) is 0 Å². The molecule has 1 fully saturated rings. The Kier molecular flexibility index (Phi) is 14.1. The first-order valence-electron chi connectivity index (χ1n) is 9.06. The summed E-state index contributed by atoms with van der Waals surface area (Å²) in [6.07, 6.45) is 1.22. The molecule has 4 nitrogen and oxygen atoms in total. The number of halogens is 3. The summed E-state index contributed by atoms with van der Waals surface area (Å²) in [5.74, 6) is -3.51. The van der Waals surface area contributed by atoms with E-state index in [9.17, 15) is 18.0 Å². The average molecular weight is 502 g/mol. The number of nitrogens with one attached hydrogen (secondary N) is 1. The molecule has 8 heteroatoms. The summed E-state index contributed by atoms with van der Waals surface area (Å²) in [5, 5.41) is 2.52. The van der Waals surface area contributed by atoms with Crippen LogP contribution in [-0.2, 0) is 37.5 Å². The summed E-state index contributed by atoms with van der Waals surface area (Å²) >= 11 is 0. The van der Waals surface area contributed by atoms with Crippen molar-refractivity contribution < 1.29 is 57.6 Å². The molecule has 0 aliphatic heterocycles. The molecule has 0 heterocycles. The van der Waals surface area contributed by atoms with Gasteiger partial charge >= 0.3 is 0 Å². The Labute approximate surface area is 204 Å². The fourth-order valence-electron chi connectivity index (χ4n) is 3.00. The molecule has 1 radical (unpaired) electrons. The topological polar surface area (TPSA) is 63.8 Å². The van der Waals surface area contributed by atoms with E-state index < -0.39 is 17.8 Å². The number of hydrogen-bond donors (Lipinski definition) is 1. The van der Waals surface area contributed by atoms with E-state index in [0.717, 1.165) is 0 Å². The summed E-state index contributed by atoms with van der Waals surface area (Å²) in [4.78, 5) is 13.7. The third-order valence-electron chi connectivity index (χ3n) is 4.46. The predicted molar refractivity (Wildman–Crippen MR) is 114 cm³/mol. The molecular weight excluding hydrogens is 470 g/mol. The fraction of sp³-hybridized carbons (Fsp3) is 0.364. The molecule has 1 aliphatic carbocycles. The van der Waals surface area contributed by atoms with E-state index in [2.05, 4.69) is 25.4 Å². The normalized spacial score (nSPS) is 16.8. The largest absolute Gasteiger partial charge is 0.412 e. The molecule has 1 aromatic rings. The Morgan fingerprint density at radius 3 is 2.23 bits per heavy atom. The van der Waals surface area contributed by atoms with Crippen molar-refractivity contribution in [3.05, 3.63) is 73.1 Å². The van der Waals surface area contributed by atoms with Crippen LogP contribution >= 0.6 is 0 Å². The van der Waals surface area contributed by atoms with Crippen LogP contribution in [0.25, 0.3) is 5.70 Å². The van der Waals surface area contributed by atoms with Gasteiger partial charge in [0, 0.05) is 72.0 Å². The number of carbonyl (C=O) groups is 1. The number of likely N-dealkylation sites (N-methyl/N-ethyl adjacent to an activating group) is 1. The van der Waals surface area contributed by atoms with Gasteiger partial charge in [-0.2, -0.15) is 6.92 Å². The number of hydrogen-bond acceptors (Lipinski definition) is 2. The van der Waals surface area contributed by atoms with Crippen molar-refractivity contribution in [2.75, 3.05) is 7.05 Å². The minimum atomic E-state index is -2.75. The second-order valence-electron chi connectivity index (χ2n) is 6.52. The second kappa shape index (κ2) is 13.8. The zero-order valence-electron chi connectivity index (χ0n) is 17.8. The number of carbonyl (C=O) groups excluding carboxylic acids is 1. The van der Waals surface area contributed by atoms with E-state index in [0.29, 0.717) is 16.8 Å². The van der Waals surface area contributed by atoms with Gasteiger partial charge in [-0.05, 0) is 36.6 Å². The zero-order chi connectivity index (χ0) is 21.5. The van der Waals surface area contributed by atoms with E-state index in [-0.39, 0.29) is 70.4 Å². The Balaban J connectivity index is -0.00000152. The van der Waals surface area contributed by atoms with E-state index in [1.165, 1.54) is 37.5 Å². The third-order valence-corrected chi connectivity index (χ3v) is 4.46. The van der Waals surface area contributed by atoms with E-state index in [1.807, 2.05) is 0 Å². The number of amides is 1. The maximum atomic E-state index is 13.8. The van der Waals surface area contributed by atoms with Crippen molar-refractivity contribution in [3.8, 4) is 0 Å². The molecule has 1 amide bonds. The molecule has 3 N–H and O–H groups in total. The van der Waals surface area contributed by atoms with Crippen molar-refractivity contribution in [2.24, 2.45) is 0 Å². The smallest absolute Gasteiger partial charge is 0.252 e. The van der Waals surface area contributed by atoms with Crippen LogP contribution in [0.15, 0.2) is 54.8 Å². The van der Waals surface area contributed by atoms with Crippen LogP contribution in [0.1, 0.15) is 40.1 Å². The van der Waals surface area contributed by atoms with Crippen molar-refractivity contribution in [3.63, 3.8) is 0 Å². The molecule has 1 aliphatic rings. The van der Waals surface area contributed by atoms with Crippen LogP contribution in [0.4, 0.5) is 13.2 Å². The third kappa shape index (κ3) is 8.36. The van der Waals surface area contributed by atoms with Crippen LogP contribution in [-0.4, -0.2) is 35.3 Å². The number of nitrogens with zero attached hydrogens (tertiary/aromatic N) is 1. The van der Waals surface area contributed by atoms with Gasteiger partial charge in [0.2, 0.25) is 5.92 Å². The van der Waals surface area contributed by atoms with Gasteiger partial charge in [0.1, 0.15) is 5.82 Å². The SMILES string of the molecule is C=C(C)/C(=C\N(C(=C)c1ccc(F)cc1)C1CCC(F)(F)C1)C(=O)NC.O.[CH2-]C.[HH].[Y]. The monoisotopic (exact) mass is 502 g/mol. The molecule has 0 saturated heterocycles. The second-order valence-corrected chi connectivity index (χ2v) is 6.52. The maximum absolute atomic E-state index is 13.8. The number of alkyl halides is 2. The van der Waals surface area contributed by atoms with E-state index in [4.69, 9.17) is 0 Å². The van der Waals surface area contributed by atoms with Gasteiger partial charge in [-0.1, -0.05) is 25.3 Å². The van der Waals surface area contributed by atoms with Crippen LogP contribution < -0.4 is 5.32 Å². The predicted octanol–water partition coefficient (Wildman–Crippen LogP) is 4.75. The van der Waals surface area contributed by atoms with Gasteiger partial charge in [0.05, 0.1) is 5.57 Å². The van der Waals surface area contributed by atoms with Gasteiger partial charge < -0.3 is 22.6 Å². The fourth-order valence-corrected chi connectivity index (χ4v) is 3.00. The van der Waals surface area contributed by atoms with Crippen LogP contribution in [0.5, 0.6) is 0 Å². The van der Waals surface area contributed by atoms with Gasteiger partial charge in [-0.15, -0.1) is 0 Å². The Morgan fingerprint density at radius 2 is 1.83 bits per heavy atom. The van der Waals surface area contributed by atoms with Crippen molar-refractivity contribution >= 4 is 11.6 Å². The number of benzene rings is 1. The molecule has 0 spiro atoms. The van der Waals surface area contributed by atoms with Crippen molar-refractivity contribution in [1.29, 1.82) is 0 Å². The molecule has 167 valence electrons. The number of rotatable bonds is 6. The summed E-state index contributed by atoms with van der Waals surface area (Å²) in [7, 11) is 1.49. The summed E-state index contributed by atoms with van der Waals surface area (Å²) < 4.78 is 40.7. The van der Waals surface area contributed by atoms with Crippen molar-refractivity contribution in [1.82, 2.24) is 10.2 Å². The first-order valence-corrected chi connectivity index (χ1v) is 9.06. The van der Waals surface area contributed by atoms with E-state index >= 15 is 0 Å². The van der Waals surface area contributed by atoms with E-state index in [1.54, 1.807) is 18.7 Å². The molecule has 0 bridgehead atoms. The Hall–Kier alpha value is -1.44. The minimum Gasteiger partial charge on any atom is -0.412 e. The molecule has 1 atom stereocenters. The molecular formula is C22H32F3N2O2Y-. The molecule has 2 rings (SSSR count). The van der Waals surface area contributed by atoms with Crippen molar-refractivity contribution in [2.45, 2.75) is 45.1 Å². The summed E-state index contributed by atoms with van der Waals surface area (Å²) in [5.41, 5.74) is 1.81. The summed E-state index contributed by atoms with van der Waals surface area (Å²) in [6, 6.07) is 5.12. The maximum Gasteiger partial charge on any atom is 0.252 e. The molecule has 0 aromatic heterocycles. The standard InChI is InChI=1S/C20H23F3N2O.C2H5.H2O.Y.H2/c1-13(2)18(19(26)24-4)12-25(17-9-10-20(22,23)11-17)14(3)15-5-7-16(21)8-6-15;1-2;;;/h5-8,12,17H,1,3,9-11H2,2,4H3,(H,24,26);1H2,2H3;1H2;;1H/q;-1;;;/b18-12+;;;;. The van der Waals surface area contributed by atoms with Crippen LogP contribution in [0, 0.1) is 12.7 Å². The zero-order valence-corrected chi connectivity index (χ0v) is 20.6. The van der Waals surface area contributed by atoms with Gasteiger partial charge in [-0.25, -0.2) is 13.2 Å². The first-order chi connectivity index (χ1) is 13.1. The minimum absolute atomic E-state index is 0. The molecule has 1 saturated carbocycles. The van der Waals surface area contributed by atoms with Crippen LogP contribution in [0.2, 0.25) is 0 Å². The van der Waals surface area contributed by atoms with Gasteiger partial charge in [0.25, 0.3) is 5.91 Å².